The summed E-state index contributed by atoms with van der Waals surface area (Å²) in [4.78, 5) is 11.1. The molecule has 1 aromatic carbocycles. The predicted molar refractivity (Wildman–Crippen MR) is 55.2 cm³/mol. The van der Waals surface area contributed by atoms with Crippen LogP contribution in [0.2, 0.25) is 0 Å². The van der Waals surface area contributed by atoms with Crippen molar-refractivity contribution in [3.8, 4) is 5.75 Å². The third-order valence-corrected chi connectivity index (χ3v) is 2.45. The zero-order chi connectivity index (χ0) is 10.8. The van der Waals surface area contributed by atoms with Crippen molar-refractivity contribution < 1.29 is 13.9 Å². The highest BCUT2D eigenvalue weighted by molar-refractivity contribution is 6.01. The van der Waals surface area contributed by atoms with Gasteiger partial charge in [-0.3, -0.25) is 4.79 Å². The van der Waals surface area contributed by atoms with Crippen molar-refractivity contribution in [3.63, 3.8) is 0 Å². The minimum atomic E-state index is -0.343. The highest BCUT2D eigenvalue weighted by Gasteiger charge is 2.14. The summed E-state index contributed by atoms with van der Waals surface area (Å²) in [6.07, 6.45) is 2.79. The predicted octanol–water partition coefficient (Wildman–Crippen LogP) is 2.58. The lowest BCUT2D eigenvalue weighted by Gasteiger charge is -2.05. The van der Waals surface area contributed by atoms with Crippen molar-refractivity contribution in [2.75, 3.05) is 7.11 Å². The molecule has 15 heavy (non-hydrogen) atoms. The summed E-state index contributed by atoms with van der Waals surface area (Å²) in [6, 6.07) is 4.49. The van der Waals surface area contributed by atoms with Crippen LogP contribution in [0.25, 0.3) is 5.57 Å². The van der Waals surface area contributed by atoms with Crippen LogP contribution in [0.1, 0.15) is 18.4 Å². The zero-order valence-electron chi connectivity index (χ0n) is 8.42. The van der Waals surface area contributed by atoms with E-state index in [2.05, 4.69) is 0 Å². The van der Waals surface area contributed by atoms with E-state index in [4.69, 9.17) is 4.74 Å². The molecule has 3 heteroatoms. The maximum Gasteiger partial charge on any atom is 0.156 e. The van der Waals surface area contributed by atoms with E-state index in [9.17, 15) is 9.18 Å². The molecule has 0 bridgehead atoms. The number of carbonyl (C=O) groups excluding carboxylic acids is 1. The number of allylic oxidation sites excluding steroid dienone is 2. The molecule has 2 nitrogen and oxygen atoms in total. The van der Waals surface area contributed by atoms with E-state index in [1.807, 2.05) is 0 Å². The molecule has 0 amide bonds. The van der Waals surface area contributed by atoms with E-state index in [1.54, 1.807) is 12.1 Å². The molecule has 0 saturated carbocycles. The summed E-state index contributed by atoms with van der Waals surface area (Å²) in [5, 5.41) is 0. The Morgan fingerprint density at radius 1 is 1.27 bits per heavy atom. The molecule has 0 fully saturated rings. The Balaban J connectivity index is 2.40. The molecule has 1 aliphatic carbocycles. The first kappa shape index (κ1) is 9.90. The number of methoxy groups -OCH3 is 1. The lowest BCUT2D eigenvalue weighted by molar-refractivity contribution is -0.114. The molecule has 0 aromatic heterocycles. The van der Waals surface area contributed by atoms with Gasteiger partial charge in [-0.25, -0.2) is 4.39 Å². The van der Waals surface area contributed by atoms with Gasteiger partial charge >= 0.3 is 0 Å². The molecule has 0 aliphatic heterocycles. The molecular weight excluding hydrogens is 195 g/mol. The highest BCUT2D eigenvalue weighted by atomic mass is 19.1. The molecule has 0 unspecified atom stereocenters. The third-order valence-electron chi connectivity index (χ3n) is 2.45. The van der Waals surface area contributed by atoms with Crippen LogP contribution >= 0.6 is 0 Å². The van der Waals surface area contributed by atoms with Gasteiger partial charge in [-0.1, -0.05) is 0 Å². The van der Waals surface area contributed by atoms with Crippen LogP contribution in [0.3, 0.4) is 0 Å². The average Bonchev–Trinajstić information content (AvgIpc) is 2.64. The fraction of sp³-hybridized carbons (Fsp3) is 0.250. The lowest BCUT2D eigenvalue weighted by Crippen LogP contribution is -1.88. The maximum atomic E-state index is 13.2. The second-order valence-electron chi connectivity index (χ2n) is 3.52. The minimum absolute atomic E-state index is 0.105. The molecule has 1 aromatic rings. The first-order valence-corrected chi connectivity index (χ1v) is 4.77. The second-order valence-corrected chi connectivity index (χ2v) is 3.52. The smallest absolute Gasteiger partial charge is 0.156 e. The number of ketones is 1. The molecule has 2 rings (SSSR count). The number of rotatable bonds is 2. The van der Waals surface area contributed by atoms with E-state index >= 15 is 0 Å². The highest BCUT2D eigenvalue weighted by Crippen LogP contribution is 2.29. The van der Waals surface area contributed by atoms with Crippen LogP contribution in [0, 0.1) is 5.82 Å². The Kier molecular flexibility index (Phi) is 2.54. The number of benzene rings is 1. The van der Waals surface area contributed by atoms with Gasteiger partial charge in [0.25, 0.3) is 0 Å². The molecule has 0 radical (unpaired) electrons. The summed E-state index contributed by atoms with van der Waals surface area (Å²) in [6.45, 7) is 0. The third kappa shape index (κ3) is 2.06. The van der Waals surface area contributed by atoms with Crippen LogP contribution < -0.4 is 4.74 Å². The normalized spacial score (nSPS) is 15.3. The van der Waals surface area contributed by atoms with Gasteiger partial charge in [0.15, 0.2) is 5.78 Å². The van der Waals surface area contributed by atoms with E-state index in [0.717, 1.165) is 11.1 Å². The quantitative estimate of drug-likeness (QED) is 0.743. The van der Waals surface area contributed by atoms with Gasteiger partial charge in [0, 0.05) is 12.5 Å². The fourth-order valence-corrected chi connectivity index (χ4v) is 1.69. The van der Waals surface area contributed by atoms with Crippen molar-refractivity contribution in [3.05, 3.63) is 35.7 Å². The van der Waals surface area contributed by atoms with Crippen LogP contribution in [0.15, 0.2) is 24.3 Å². The van der Waals surface area contributed by atoms with Gasteiger partial charge in [0.2, 0.25) is 0 Å². The Morgan fingerprint density at radius 2 is 2.07 bits per heavy atom. The second kappa shape index (κ2) is 3.85. The van der Waals surface area contributed by atoms with Crippen LogP contribution in [0.5, 0.6) is 5.75 Å². The Labute approximate surface area is 87.4 Å². The first-order chi connectivity index (χ1) is 7.19. The lowest BCUT2D eigenvalue weighted by atomic mass is 10.1. The van der Waals surface area contributed by atoms with Crippen LogP contribution in [-0.2, 0) is 4.79 Å². The van der Waals surface area contributed by atoms with Gasteiger partial charge in [0.05, 0.1) is 7.11 Å². The van der Waals surface area contributed by atoms with Gasteiger partial charge in [0.1, 0.15) is 11.6 Å². The summed E-state index contributed by atoms with van der Waals surface area (Å²) in [5.74, 6) is 0.239. The number of halogens is 1. The topological polar surface area (TPSA) is 26.3 Å². The number of hydrogen-bond acceptors (Lipinski definition) is 2. The van der Waals surface area contributed by atoms with Crippen molar-refractivity contribution in [2.45, 2.75) is 12.8 Å². The molecule has 0 saturated heterocycles. The molecule has 0 heterocycles. The molecule has 0 N–H and O–H groups in total. The molecular formula is C12H11FO2. The standard InChI is InChI=1S/C12H11FO2/c1-15-12-6-9(4-10(13)7-12)8-2-3-11(14)5-8/h4-7H,2-3H2,1H3. The molecule has 1 aliphatic rings. The van der Waals surface area contributed by atoms with Crippen LogP contribution in [0.4, 0.5) is 4.39 Å². The first-order valence-electron chi connectivity index (χ1n) is 4.77. The zero-order valence-corrected chi connectivity index (χ0v) is 8.42. The molecule has 0 atom stereocenters. The molecule has 78 valence electrons. The monoisotopic (exact) mass is 206 g/mol. The van der Waals surface area contributed by atoms with Crippen molar-refractivity contribution >= 4 is 11.4 Å². The Hall–Kier alpha value is -1.64. The summed E-state index contributed by atoms with van der Waals surface area (Å²) < 4.78 is 18.1. The van der Waals surface area contributed by atoms with E-state index < -0.39 is 0 Å². The van der Waals surface area contributed by atoms with E-state index in [1.165, 1.54) is 19.2 Å². The van der Waals surface area contributed by atoms with Crippen molar-refractivity contribution in [2.24, 2.45) is 0 Å². The Bertz CT molecular complexity index is 435. The molecule has 0 spiro atoms. The minimum Gasteiger partial charge on any atom is -0.497 e. The van der Waals surface area contributed by atoms with Gasteiger partial charge in [-0.2, -0.15) is 0 Å². The number of ether oxygens (including phenoxy) is 1. The summed E-state index contributed by atoms with van der Waals surface area (Å²) in [7, 11) is 1.49. The largest absolute Gasteiger partial charge is 0.497 e. The van der Waals surface area contributed by atoms with Gasteiger partial charge in [-0.05, 0) is 35.8 Å². The van der Waals surface area contributed by atoms with Gasteiger partial charge < -0.3 is 4.74 Å². The van der Waals surface area contributed by atoms with Gasteiger partial charge in [-0.15, -0.1) is 0 Å². The van der Waals surface area contributed by atoms with Crippen molar-refractivity contribution in [1.82, 2.24) is 0 Å². The van der Waals surface area contributed by atoms with E-state index in [0.29, 0.717) is 18.6 Å². The number of carbonyl (C=O) groups is 1. The fourth-order valence-electron chi connectivity index (χ4n) is 1.69. The summed E-state index contributed by atoms with van der Waals surface area (Å²) in [5.41, 5.74) is 1.62. The SMILES string of the molecule is COc1cc(F)cc(C2=CC(=O)CC2)c1. The van der Waals surface area contributed by atoms with E-state index in [-0.39, 0.29) is 11.6 Å². The van der Waals surface area contributed by atoms with Crippen molar-refractivity contribution in [1.29, 1.82) is 0 Å². The maximum absolute atomic E-state index is 13.2. The Morgan fingerprint density at radius 3 is 2.67 bits per heavy atom. The van der Waals surface area contributed by atoms with Crippen LogP contribution in [-0.4, -0.2) is 12.9 Å². The average molecular weight is 206 g/mol. The number of hydrogen-bond donors (Lipinski definition) is 0. The summed E-state index contributed by atoms with van der Waals surface area (Å²) >= 11 is 0.